The molecule has 0 radical (unpaired) electrons. The number of nitrogens with zero attached hydrogens (tertiary/aromatic N) is 1. The summed E-state index contributed by atoms with van der Waals surface area (Å²) in [4.78, 5) is 2.30. The average molecular weight is 251 g/mol. The Kier molecular flexibility index (Phi) is 6.76. The van der Waals surface area contributed by atoms with Crippen molar-refractivity contribution in [3.63, 3.8) is 0 Å². The van der Waals surface area contributed by atoms with Gasteiger partial charge < -0.3 is 14.7 Å². The van der Waals surface area contributed by atoms with Gasteiger partial charge in [-0.05, 0) is 37.7 Å². The van der Waals surface area contributed by atoms with Crippen molar-refractivity contribution in [2.45, 2.75) is 39.3 Å². The molecule has 0 spiro atoms. The first-order chi connectivity index (χ1) is 8.71. The summed E-state index contributed by atoms with van der Waals surface area (Å²) in [5, 5.41) is 9.18. The minimum atomic E-state index is 0.0799. The van der Waals surface area contributed by atoms with Crippen LogP contribution in [0.25, 0.3) is 0 Å². The Morgan fingerprint density at radius 1 is 1.28 bits per heavy atom. The predicted molar refractivity (Wildman–Crippen MR) is 74.8 cm³/mol. The van der Waals surface area contributed by atoms with E-state index in [0.717, 1.165) is 30.0 Å². The highest BCUT2D eigenvalue weighted by Gasteiger charge is 2.07. The van der Waals surface area contributed by atoms with Gasteiger partial charge in [0.25, 0.3) is 0 Å². The molecule has 0 aliphatic carbocycles. The molecule has 1 N–H and O–H groups in total. The lowest BCUT2D eigenvalue weighted by atomic mass is 10.1. The zero-order chi connectivity index (χ0) is 13.4. The van der Waals surface area contributed by atoms with E-state index in [-0.39, 0.29) is 6.61 Å². The smallest absolute Gasteiger partial charge is 0.123 e. The van der Waals surface area contributed by atoms with E-state index >= 15 is 0 Å². The molecule has 102 valence electrons. The minimum absolute atomic E-state index is 0.0799. The fourth-order valence-electron chi connectivity index (χ4n) is 2.06. The third-order valence-corrected chi connectivity index (χ3v) is 3.11. The van der Waals surface area contributed by atoms with Gasteiger partial charge in [0.2, 0.25) is 0 Å². The largest absolute Gasteiger partial charge is 0.496 e. The molecule has 0 aliphatic heterocycles. The Balaban J connectivity index is 2.63. The highest BCUT2D eigenvalue weighted by molar-refractivity contribution is 5.37. The van der Waals surface area contributed by atoms with Gasteiger partial charge in [-0.3, -0.25) is 0 Å². The third kappa shape index (κ3) is 4.67. The topological polar surface area (TPSA) is 32.7 Å². The van der Waals surface area contributed by atoms with E-state index in [2.05, 4.69) is 18.9 Å². The van der Waals surface area contributed by atoms with Crippen molar-refractivity contribution in [2.75, 3.05) is 20.7 Å². The first-order valence-corrected chi connectivity index (χ1v) is 6.66. The van der Waals surface area contributed by atoms with Crippen LogP contribution in [0.5, 0.6) is 5.75 Å². The minimum Gasteiger partial charge on any atom is -0.496 e. The van der Waals surface area contributed by atoms with E-state index in [9.17, 15) is 5.11 Å². The summed E-state index contributed by atoms with van der Waals surface area (Å²) in [5.41, 5.74) is 2.08. The van der Waals surface area contributed by atoms with Crippen molar-refractivity contribution in [2.24, 2.45) is 0 Å². The van der Waals surface area contributed by atoms with Crippen LogP contribution in [0.3, 0.4) is 0 Å². The standard InChI is InChI=1S/C15H25NO2/c1-4-5-6-9-16(2)11-14-10-13(12-17)7-8-15(14)18-3/h7-8,10,17H,4-6,9,11-12H2,1-3H3. The maximum Gasteiger partial charge on any atom is 0.123 e. The highest BCUT2D eigenvalue weighted by atomic mass is 16.5. The SMILES string of the molecule is CCCCCN(C)Cc1cc(CO)ccc1OC. The van der Waals surface area contributed by atoms with Crippen molar-refractivity contribution in [3.05, 3.63) is 29.3 Å². The summed E-state index contributed by atoms with van der Waals surface area (Å²) >= 11 is 0. The number of rotatable bonds is 8. The normalized spacial score (nSPS) is 10.9. The molecular weight excluding hydrogens is 226 g/mol. The summed E-state index contributed by atoms with van der Waals surface area (Å²) in [6, 6.07) is 5.86. The van der Waals surface area contributed by atoms with Crippen LogP contribution in [0.2, 0.25) is 0 Å². The molecule has 0 saturated carbocycles. The van der Waals surface area contributed by atoms with Crippen LogP contribution in [-0.2, 0) is 13.2 Å². The van der Waals surface area contributed by atoms with Gasteiger partial charge in [-0.15, -0.1) is 0 Å². The van der Waals surface area contributed by atoms with E-state index in [4.69, 9.17) is 4.74 Å². The van der Waals surface area contributed by atoms with Gasteiger partial charge in [0.15, 0.2) is 0 Å². The first kappa shape index (κ1) is 15.0. The lowest BCUT2D eigenvalue weighted by Gasteiger charge is -2.18. The third-order valence-electron chi connectivity index (χ3n) is 3.11. The molecule has 0 saturated heterocycles. The van der Waals surface area contributed by atoms with E-state index in [1.807, 2.05) is 18.2 Å². The maximum atomic E-state index is 9.18. The van der Waals surface area contributed by atoms with E-state index in [1.54, 1.807) is 7.11 Å². The Hall–Kier alpha value is -1.06. The number of benzene rings is 1. The van der Waals surface area contributed by atoms with E-state index in [0.29, 0.717) is 0 Å². The lowest BCUT2D eigenvalue weighted by Crippen LogP contribution is -2.19. The van der Waals surface area contributed by atoms with Crippen LogP contribution >= 0.6 is 0 Å². The predicted octanol–water partition coefficient (Wildman–Crippen LogP) is 2.81. The summed E-state index contributed by atoms with van der Waals surface area (Å²) in [7, 11) is 3.81. The number of unbranched alkanes of at least 4 members (excludes halogenated alkanes) is 2. The quantitative estimate of drug-likeness (QED) is 0.721. The average Bonchev–Trinajstić information content (AvgIpc) is 2.39. The molecular formula is C15H25NO2. The van der Waals surface area contributed by atoms with E-state index in [1.165, 1.54) is 19.3 Å². The number of hydrogen-bond donors (Lipinski definition) is 1. The molecule has 0 amide bonds. The Labute approximate surface area is 110 Å². The zero-order valence-electron chi connectivity index (χ0n) is 11.8. The molecule has 3 nitrogen and oxygen atoms in total. The summed E-state index contributed by atoms with van der Waals surface area (Å²) < 4.78 is 5.36. The van der Waals surface area contributed by atoms with Crippen LogP contribution in [-0.4, -0.2) is 30.7 Å². The van der Waals surface area contributed by atoms with Crippen LogP contribution in [0.15, 0.2) is 18.2 Å². The second-order valence-electron chi connectivity index (χ2n) is 4.75. The monoisotopic (exact) mass is 251 g/mol. The zero-order valence-corrected chi connectivity index (χ0v) is 11.8. The lowest BCUT2D eigenvalue weighted by molar-refractivity contribution is 0.280. The van der Waals surface area contributed by atoms with Gasteiger partial charge in [0.1, 0.15) is 5.75 Å². The maximum absolute atomic E-state index is 9.18. The first-order valence-electron chi connectivity index (χ1n) is 6.66. The number of aliphatic hydroxyl groups is 1. The molecule has 1 aromatic carbocycles. The molecule has 1 aromatic rings. The van der Waals surface area contributed by atoms with Gasteiger partial charge in [-0.2, -0.15) is 0 Å². The second-order valence-corrected chi connectivity index (χ2v) is 4.75. The van der Waals surface area contributed by atoms with Crippen molar-refractivity contribution in [3.8, 4) is 5.75 Å². The molecule has 0 fully saturated rings. The van der Waals surface area contributed by atoms with Crippen molar-refractivity contribution in [1.29, 1.82) is 0 Å². The van der Waals surface area contributed by atoms with Crippen LogP contribution in [0, 0.1) is 0 Å². The number of methoxy groups -OCH3 is 1. The van der Waals surface area contributed by atoms with Crippen LogP contribution < -0.4 is 4.74 Å². The van der Waals surface area contributed by atoms with Crippen molar-refractivity contribution >= 4 is 0 Å². The van der Waals surface area contributed by atoms with Crippen LogP contribution in [0.4, 0.5) is 0 Å². The molecule has 18 heavy (non-hydrogen) atoms. The Bertz CT molecular complexity index is 352. The fourth-order valence-corrected chi connectivity index (χ4v) is 2.06. The Morgan fingerprint density at radius 2 is 2.06 bits per heavy atom. The van der Waals surface area contributed by atoms with Gasteiger partial charge in [0.05, 0.1) is 13.7 Å². The van der Waals surface area contributed by atoms with Gasteiger partial charge in [0, 0.05) is 12.1 Å². The molecule has 0 bridgehead atoms. The molecule has 0 unspecified atom stereocenters. The fraction of sp³-hybridized carbons (Fsp3) is 0.600. The summed E-state index contributed by atoms with van der Waals surface area (Å²) in [5.74, 6) is 0.898. The summed E-state index contributed by atoms with van der Waals surface area (Å²) in [6.07, 6.45) is 3.75. The highest BCUT2D eigenvalue weighted by Crippen LogP contribution is 2.21. The van der Waals surface area contributed by atoms with Gasteiger partial charge >= 0.3 is 0 Å². The second kappa shape index (κ2) is 8.11. The number of hydrogen-bond acceptors (Lipinski definition) is 3. The van der Waals surface area contributed by atoms with Crippen molar-refractivity contribution in [1.82, 2.24) is 4.90 Å². The number of aliphatic hydroxyl groups excluding tert-OH is 1. The molecule has 0 aromatic heterocycles. The molecule has 0 heterocycles. The molecule has 3 heteroatoms. The summed E-state index contributed by atoms with van der Waals surface area (Å²) in [6.45, 7) is 4.26. The van der Waals surface area contributed by atoms with Crippen LogP contribution in [0.1, 0.15) is 37.3 Å². The number of ether oxygens (including phenoxy) is 1. The van der Waals surface area contributed by atoms with Gasteiger partial charge in [-0.25, -0.2) is 0 Å². The molecule has 0 atom stereocenters. The van der Waals surface area contributed by atoms with Gasteiger partial charge in [-0.1, -0.05) is 25.8 Å². The Morgan fingerprint density at radius 3 is 2.67 bits per heavy atom. The molecule has 0 aliphatic rings. The van der Waals surface area contributed by atoms with E-state index < -0.39 is 0 Å². The van der Waals surface area contributed by atoms with Crippen molar-refractivity contribution < 1.29 is 9.84 Å². The molecule has 1 rings (SSSR count).